The molecule has 0 aliphatic carbocycles. The number of unbranched alkanes of at least 4 members (excludes halogenated alkanes) is 1. The monoisotopic (exact) mass is 321 g/mol. The van der Waals surface area contributed by atoms with Crippen molar-refractivity contribution in [2.24, 2.45) is 0 Å². The second kappa shape index (κ2) is 9.68. The fourth-order valence-electron chi connectivity index (χ4n) is 1.62. The Bertz CT molecular complexity index is 458. The highest BCUT2D eigenvalue weighted by atomic mass is 32.2. The van der Waals surface area contributed by atoms with Crippen LogP contribution in [0.25, 0.3) is 0 Å². The lowest BCUT2D eigenvalue weighted by Gasteiger charge is -2.11. The van der Waals surface area contributed by atoms with Crippen LogP contribution in [-0.2, 0) is 9.53 Å². The number of hydrogen-bond donors (Lipinski definition) is 1. The summed E-state index contributed by atoms with van der Waals surface area (Å²) in [5.74, 6) is -1.19. The summed E-state index contributed by atoms with van der Waals surface area (Å²) in [6, 6.07) is 3.71. The molecule has 7 heteroatoms. The molecule has 0 unspecified atom stereocenters. The van der Waals surface area contributed by atoms with Gasteiger partial charge in [0, 0.05) is 25.0 Å². The minimum absolute atomic E-state index is 0.234. The first-order valence-corrected chi connectivity index (χ1v) is 7.50. The summed E-state index contributed by atoms with van der Waals surface area (Å²) in [5, 5.41) is 2.57. The van der Waals surface area contributed by atoms with Crippen molar-refractivity contribution in [1.82, 2.24) is 0 Å². The molecule has 1 amide bonds. The van der Waals surface area contributed by atoms with Gasteiger partial charge in [-0.2, -0.15) is 0 Å². The highest BCUT2D eigenvalue weighted by Gasteiger charge is 2.11. The molecule has 3 nitrogen and oxygen atoms in total. The molecule has 0 atom stereocenters. The largest absolute Gasteiger partial charge is 0.385 e. The van der Waals surface area contributed by atoms with Crippen LogP contribution in [0.5, 0.6) is 0 Å². The lowest BCUT2D eigenvalue weighted by atomic mass is 10.2. The summed E-state index contributed by atoms with van der Waals surface area (Å²) in [7, 11) is 1.58. The predicted molar refractivity (Wildman–Crippen MR) is 77.5 cm³/mol. The molecule has 1 aromatic carbocycles. The molecule has 0 aliphatic heterocycles. The molecular weight excluding hydrogens is 303 g/mol. The number of benzene rings is 1. The molecule has 1 rings (SSSR count). The zero-order valence-corrected chi connectivity index (χ0v) is 12.5. The summed E-state index contributed by atoms with van der Waals surface area (Å²) < 4.78 is 42.6. The lowest BCUT2D eigenvalue weighted by molar-refractivity contribution is -0.116. The molecule has 0 fully saturated rings. The summed E-state index contributed by atoms with van der Waals surface area (Å²) in [5.41, 5.74) is 0.234. The first-order chi connectivity index (χ1) is 10.0. The number of ether oxygens (including phenoxy) is 1. The molecule has 0 spiro atoms. The van der Waals surface area contributed by atoms with Crippen LogP contribution < -0.4 is 5.32 Å². The number of anilines is 1. The van der Waals surface area contributed by atoms with E-state index in [0.29, 0.717) is 17.9 Å². The molecular formula is C14H18F3NO2S. The average molecular weight is 321 g/mol. The van der Waals surface area contributed by atoms with Gasteiger partial charge in [0.05, 0.1) is 11.4 Å². The van der Waals surface area contributed by atoms with Crippen LogP contribution in [0.4, 0.5) is 18.9 Å². The number of nitrogens with one attached hydrogen (secondary N) is 1. The number of carbonyl (C=O) groups is 1. The van der Waals surface area contributed by atoms with Gasteiger partial charge in [0.2, 0.25) is 12.3 Å². The van der Waals surface area contributed by atoms with Crippen molar-refractivity contribution >= 4 is 23.4 Å². The average Bonchev–Trinajstić information content (AvgIpc) is 2.42. The molecule has 0 saturated carbocycles. The highest BCUT2D eigenvalue weighted by Crippen LogP contribution is 2.29. The van der Waals surface area contributed by atoms with Gasteiger partial charge in [-0.25, -0.2) is 13.2 Å². The smallest absolute Gasteiger partial charge is 0.247 e. The van der Waals surface area contributed by atoms with Gasteiger partial charge in [0.1, 0.15) is 5.82 Å². The normalized spacial score (nSPS) is 10.9. The van der Waals surface area contributed by atoms with E-state index in [0.717, 1.165) is 24.2 Å². The van der Waals surface area contributed by atoms with Gasteiger partial charge < -0.3 is 10.1 Å². The molecule has 0 aliphatic rings. The van der Waals surface area contributed by atoms with Crippen LogP contribution in [0.15, 0.2) is 23.1 Å². The Balaban J connectivity index is 2.58. The van der Waals surface area contributed by atoms with Gasteiger partial charge in [-0.05, 0) is 31.0 Å². The van der Waals surface area contributed by atoms with E-state index in [-0.39, 0.29) is 18.0 Å². The summed E-state index contributed by atoms with van der Waals surface area (Å²) in [6.07, 6.45) is -0.787. The number of rotatable bonds is 9. The maximum Gasteiger partial charge on any atom is 0.247 e. The SMILES string of the molecule is COCCCCC(=O)Nc1cc(F)ccc1SCC(F)F. The first kappa shape index (κ1) is 17.8. The Labute approximate surface area is 126 Å². The standard InChI is InChI=1S/C14H18F3NO2S/c1-20-7-3-2-4-14(19)18-11-8-10(15)5-6-12(11)21-9-13(16)17/h5-6,8,13H,2-4,7,9H2,1H3,(H,18,19). The van der Waals surface area contributed by atoms with Crippen LogP contribution in [0.2, 0.25) is 0 Å². The third-order valence-electron chi connectivity index (χ3n) is 2.58. The lowest BCUT2D eigenvalue weighted by Crippen LogP contribution is -2.12. The fourth-order valence-corrected chi connectivity index (χ4v) is 2.36. The van der Waals surface area contributed by atoms with Crippen molar-refractivity contribution in [2.45, 2.75) is 30.6 Å². The first-order valence-electron chi connectivity index (χ1n) is 6.52. The quantitative estimate of drug-likeness (QED) is 0.553. The molecule has 0 bridgehead atoms. The van der Waals surface area contributed by atoms with Crippen molar-refractivity contribution in [2.75, 3.05) is 24.8 Å². The molecule has 0 aromatic heterocycles. The zero-order chi connectivity index (χ0) is 15.7. The van der Waals surface area contributed by atoms with E-state index in [1.54, 1.807) is 7.11 Å². The highest BCUT2D eigenvalue weighted by molar-refractivity contribution is 7.99. The molecule has 1 aromatic rings. The topological polar surface area (TPSA) is 38.3 Å². The van der Waals surface area contributed by atoms with Crippen molar-refractivity contribution in [3.8, 4) is 0 Å². The Kier molecular flexibility index (Phi) is 8.22. The van der Waals surface area contributed by atoms with Crippen molar-refractivity contribution in [3.63, 3.8) is 0 Å². The maximum absolute atomic E-state index is 13.2. The minimum Gasteiger partial charge on any atom is -0.385 e. The van der Waals surface area contributed by atoms with Crippen LogP contribution in [-0.4, -0.2) is 31.8 Å². The Morgan fingerprint density at radius 1 is 1.38 bits per heavy atom. The van der Waals surface area contributed by atoms with Gasteiger partial charge in [0.15, 0.2) is 0 Å². The number of thioether (sulfide) groups is 1. The Hall–Kier alpha value is -1.21. The molecule has 0 saturated heterocycles. The summed E-state index contributed by atoms with van der Waals surface area (Å²) in [4.78, 5) is 12.2. The number of halogens is 3. The van der Waals surface area contributed by atoms with Gasteiger partial charge in [-0.1, -0.05) is 0 Å². The number of carbonyl (C=O) groups excluding carboxylic acids is 1. The van der Waals surface area contributed by atoms with E-state index in [4.69, 9.17) is 4.74 Å². The van der Waals surface area contributed by atoms with Crippen LogP contribution in [0, 0.1) is 5.82 Å². The van der Waals surface area contributed by atoms with Gasteiger partial charge >= 0.3 is 0 Å². The van der Waals surface area contributed by atoms with Crippen molar-refractivity contribution in [1.29, 1.82) is 0 Å². The number of methoxy groups -OCH3 is 1. The maximum atomic E-state index is 13.2. The van der Waals surface area contributed by atoms with E-state index < -0.39 is 18.0 Å². The Morgan fingerprint density at radius 2 is 2.14 bits per heavy atom. The van der Waals surface area contributed by atoms with Crippen molar-refractivity contribution < 1.29 is 22.7 Å². The molecule has 1 N–H and O–H groups in total. The molecule has 21 heavy (non-hydrogen) atoms. The van der Waals surface area contributed by atoms with E-state index >= 15 is 0 Å². The van der Waals surface area contributed by atoms with Gasteiger partial charge in [-0.15, -0.1) is 11.8 Å². The van der Waals surface area contributed by atoms with E-state index in [1.165, 1.54) is 12.1 Å². The van der Waals surface area contributed by atoms with Gasteiger partial charge in [0.25, 0.3) is 0 Å². The number of alkyl halides is 2. The predicted octanol–water partition coefficient (Wildman–Crippen LogP) is 3.94. The number of hydrogen-bond acceptors (Lipinski definition) is 3. The minimum atomic E-state index is -2.46. The van der Waals surface area contributed by atoms with Crippen molar-refractivity contribution in [3.05, 3.63) is 24.0 Å². The van der Waals surface area contributed by atoms with E-state index in [1.807, 2.05) is 0 Å². The van der Waals surface area contributed by atoms with Crippen LogP contribution in [0.1, 0.15) is 19.3 Å². The summed E-state index contributed by atoms with van der Waals surface area (Å²) >= 11 is 0.886. The second-order valence-electron chi connectivity index (χ2n) is 4.34. The molecule has 0 heterocycles. The third-order valence-corrected chi connectivity index (χ3v) is 3.67. The van der Waals surface area contributed by atoms with Gasteiger partial charge in [-0.3, -0.25) is 4.79 Å². The molecule has 118 valence electrons. The Morgan fingerprint density at radius 3 is 2.81 bits per heavy atom. The number of amides is 1. The van der Waals surface area contributed by atoms with Crippen LogP contribution in [0.3, 0.4) is 0 Å². The third kappa shape index (κ3) is 7.38. The van der Waals surface area contributed by atoms with E-state index in [2.05, 4.69) is 5.32 Å². The van der Waals surface area contributed by atoms with E-state index in [9.17, 15) is 18.0 Å². The van der Waals surface area contributed by atoms with Crippen LogP contribution >= 0.6 is 11.8 Å². The second-order valence-corrected chi connectivity index (χ2v) is 5.40. The molecule has 0 radical (unpaired) electrons. The zero-order valence-electron chi connectivity index (χ0n) is 11.7. The summed E-state index contributed by atoms with van der Waals surface area (Å²) in [6.45, 7) is 0.572. The fraction of sp³-hybridized carbons (Fsp3) is 0.500.